The summed E-state index contributed by atoms with van der Waals surface area (Å²) < 4.78 is 32.8. The van der Waals surface area contributed by atoms with Crippen LogP contribution in [0.25, 0.3) is 0 Å². The first kappa shape index (κ1) is 20.4. The van der Waals surface area contributed by atoms with Gasteiger partial charge in [0.15, 0.2) is 0 Å². The molecule has 29 heavy (non-hydrogen) atoms. The van der Waals surface area contributed by atoms with Crippen molar-refractivity contribution in [1.82, 2.24) is 0 Å². The summed E-state index contributed by atoms with van der Waals surface area (Å²) in [5, 5.41) is 2.76. The molecule has 0 spiro atoms. The van der Waals surface area contributed by atoms with Crippen LogP contribution in [0.4, 0.5) is 11.4 Å². The molecule has 0 aliphatic rings. The number of sulfonamides is 1. The van der Waals surface area contributed by atoms with Gasteiger partial charge in [-0.1, -0.05) is 30.3 Å². The molecular weight excluding hydrogens is 388 g/mol. The number of carbonyl (C=O) groups is 1. The predicted molar refractivity (Wildman–Crippen MR) is 114 cm³/mol. The van der Waals surface area contributed by atoms with E-state index in [1.165, 1.54) is 16.4 Å². The summed E-state index contributed by atoms with van der Waals surface area (Å²) in [5.74, 6) is 0.207. The zero-order valence-corrected chi connectivity index (χ0v) is 17.0. The monoisotopic (exact) mass is 410 g/mol. The Bertz CT molecular complexity index is 1100. The summed E-state index contributed by atoms with van der Waals surface area (Å²) in [6.07, 6.45) is 0. The van der Waals surface area contributed by atoms with Crippen LogP contribution in [0.15, 0.2) is 83.8 Å². The Morgan fingerprint density at radius 3 is 2.38 bits per heavy atom. The van der Waals surface area contributed by atoms with Gasteiger partial charge in [0.2, 0.25) is 0 Å². The van der Waals surface area contributed by atoms with Gasteiger partial charge < -0.3 is 10.1 Å². The van der Waals surface area contributed by atoms with Gasteiger partial charge in [0, 0.05) is 23.9 Å². The lowest BCUT2D eigenvalue weighted by Gasteiger charge is -2.23. The number of hydrogen-bond donors (Lipinski definition) is 1. The number of amides is 1. The SMILES string of the molecule is CCN(c1ccccc1)S(=O)(=O)c1cccc(C(=O)Nc2cccc(OC)c2)c1. The van der Waals surface area contributed by atoms with Crippen molar-refractivity contribution in [2.45, 2.75) is 11.8 Å². The van der Waals surface area contributed by atoms with Gasteiger partial charge in [-0.05, 0) is 49.4 Å². The molecular formula is C22H22N2O4S. The molecule has 7 heteroatoms. The van der Waals surface area contributed by atoms with Crippen molar-refractivity contribution >= 4 is 27.3 Å². The second kappa shape index (κ2) is 8.79. The van der Waals surface area contributed by atoms with Crippen molar-refractivity contribution in [1.29, 1.82) is 0 Å². The number of ether oxygens (including phenoxy) is 1. The summed E-state index contributed by atoms with van der Waals surface area (Å²) in [6, 6.07) is 21.8. The van der Waals surface area contributed by atoms with Crippen molar-refractivity contribution in [3.63, 3.8) is 0 Å². The van der Waals surface area contributed by atoms with Crippen molar-refractivity contribution in [2.24, 2.45) is 0 Å². The normalized spacial score (nSPS) is 11.0. The molecule has 0 unspecified atom stereocenters. The third-order valence-electron chi connectivity index (χ3n) is 4.34. The lowest BCUT2D eigenvalue weighted by atomic mass is 10.2. The van der Waals surface area contributed by atoms with Gasteiger partial charge in [-0.2, -0.15) is 0 Å². The lowest BCUT2D eigenvalue weighted by Crippen LogP contribution is -2.30. The van der Waals surface area contributed by atoms with Crippen LogP contribution in [0.1, 0.15) is 17.3 Å². The largest absolute Gasteiger partial charge is 0.497 e. The maximum absolute atomic E-state index is 13.2. The van der Waals surface area contributed by atoms with Crippen LogP contribution in [0.3, 0.4) is 0 Å². The van der Waals surface area contributed by atoms with Gasteiger partial charge >= 0.3 is 0 Å². The van der Waals surface area contributed by atoms with Crippen LogP contribution in [-0.2, 0) is 10.0 Å². The molecule has 0 aromatic heterocycles. The summed E-state index contributed by atoms with van der Waals surface area (Å²) in [7, 11) is -2.27. The third kappa shape index (κ3) is 4.57. The maximum Gasteiger partial charge on any atom is 0.264 e. The lowest BCUT2D eigenvalue weighted by molar-refractivity contribution is 0.102. The molecule has 3 aromatic rings. The second-order valence-electron chi connectivity index (χ2n) is 6.22. The van der Waals surface area contributed by atoms with Gasteiger partial charge in [0.05, 0.1) is 17.7 Å². The molecule has 150 valence electrons. The molecule has 1 N–H and O–H groups in total. The standard InChI is InChI=1S/C22H22N2O4S/c1-3-24(19-11-5-4-6-12-19)29(26,27)21-14-7-9-17(15-21)22(25)23-18-10-8-13-20(16-18)28-2/h4-16H,3H2,1-2H3,(H,23,25). The topological polar surface area (TPSA) is 75.7 Å². The fourth-order valence-electron chi connectivity index (χ4n) is 2.91. The van der Waals surface area contributed by atoms with Gasteiger partial charge in [-0.15, -0.1) is 0 Å². The Hall–Kier alpha value is -3.32. The van der Waals surface area contributed by atoms with E-state index in [-0.39, 0.29) is 17.0 Å². The summed E-state index contributed by atoms with van der Waals surface area (Å²) in [5.41, 5.74) is 1.38. The average molecular weight is 410 g/mol. The number of benzene rings is 3. The first-order valence-corrected chi connectivity index (χ1v) is 10.5. The van der Waals surface area contributed by atoms with E-state index in [4.69, 9.17) is 4.74 Å². The Labute approximate surface area is 170 Å². The number of carbonyl (C=O) groups excluding carboxylic acids is 1. The number of rotatable bonds is 7. The smallest absolute Gasteiger partial charge is 0.264 e. The number of anilines is 2. The quantitative estimate of drug-likeness (QED) is 0.635. The molecule has 0 heterocycles. The minimum Gasteiger partial charge on any atom is -0.497 e. The maximum atomic E-state index is 13.2. The first-order chi connectivity index (χ1) is 14.0. The van der Waals surface area contributed by atoms with E-state index in [0.29, 0.717) is 17.1 Å². The van der Waals surface area contributed by atoms with Crippen molar-refractivity contribution < 1.29 is 17.9 Å². The molecule has 0 saturated carbocycles. The van der Waals surface area contributed by atoms with Gasteiger partial charge in [0.25, 0.3) is 15.9 Å². The Morgan fingerprint density at radius 1 is 0.966 bits per heavy atom. The van der Waals surface area contributed by atoms with E-state index in [2.05, 4.69) is 5.32 Å². The number of nitrogens with one attached hydrogen (secondary N) is 1. The van der Waals surface area contributed by atoms with Gasteiger partial charge in [-0.25, -0.2) is 8.42 Å². The zero-order chi connectivity index (χ0) is 20.9. The molecule has 3 rings (SSSR count). The Balaban J connectivity index is 1.89. The zero-order valence-electron chi connectivity index (χ0n) is 16.2. The van der Waals surface area contributed by atoms with E-state index in [1.54, 1.807) is 74.7 Å². The first-order valence-electron chi connectivity index (χ1n) is 9.09. The van der Waals surface area contributed by atoms with E-state index < -0.39 is 15.9 Å². The van der Waals surface area contributed by atoms with E-state index in [1.807, 2.05) is 6.07 Å². The van der Waals surface area contributed by atoms with Gasteiger partial charge in [-0.3, -0.25) is 9.10 Å². The number of hydrogen-bond acceptors (Lipinski definition) is 4. The van der Waals surface area contributed by atoms with Crippen LogP contribution in [0.2, 0.25) is 0 Å². The molecule has 0 radical (unpaired) electrons. The highest BCUT2D eigenvalue weighted by Crippen LogP contribution is 2.24. The third-order valence-corrected chi connectivity index (χ3v) is 6.24. The molecule has 0 bridgehead atoms. The molecule has 0 atom stereocenters. The minimum absolute atomic E-state index is 0.0569. The minimum atomic E-state index is -3.81. The van der Waals surface area contributed by atoms with Crippen molar-refractivity contribution in [3.05, 3.63) is 84.4 Å². The summed E-state index contributed by atoms with van der Waals surface area (Å²) in [6.45, 7) is 2.04. The fourth-order valence-corrected chi connectivity index (χ4v) is 4.43. The number of nitrogens with zero attached hydrogens (tertiary/aromatic N) is 1. The summed E-state index contributed by atoms with van der Waals surface area (Å²) >= 11 is 0. The molecule has 0 saturated heterocycles. The van der Waals surface area contributed by atoms with E-state index in [0.717, 1.165) is 0 Å². The van der Waals surface area contributed by atoms with E-state index in [9.17, 15) is 13.2 Å². The molecule has 6 nitrogen and oxygen atoms in total. The van der Waals surface area contributed by atoms with Crippen LogP contribution in [-0.4, -0.2) is 28.0 Å². The molecule has 3 aromatic carbocycles. The Morgan fingerprint density at radius 2 is 1.69 bits per heavy atom. The highest BCUT2D eigenvalue weighted by atomic mass is 32.2. The average Bonchev–Trinajstić information content (AvgIpc) is 2.75. The summed E-state index contributed by atoms with van der Waals surface area (Å²) in [4.78, 5) is 12.7. The Kier molecular flexibility index (Phi) is 6.19. The van der Waals surface area contributed by atoms with Gasteiger partial charge in [0.1, 0.15) is 5.75 Å². The molecule has 0 aliphatic heterocycles. The van der Waals surface area contributed by atoms with Crippen molar-refractivity contribution in [2.75, 3.05) is 23.3 Å². The van der Waals surface area contributed by atoms with E-state index >= 15 is 0 Å². The number of methoxy groups -OCH3 is 1. The molecule has 0 aliphatic carbocycles. The fraction of sp³-hybridized carbons (Fsp3) is 0.136. The van der Waals surface area contributed by atoms with Crippen LogP contribution >= 0.6 is 0 Å². The molecule has 1 amide bonds. The van der Waals surface area contributed by atoms with Crippen LogP contribution in [0, 0.1) is 0 Å². The van der Waals surface area contributed by atoms with Crippen molar-refractivity contribution in [3.8, 4) is 5.75 Å². The highest BCUT2D eigenvalue weighted by molar-refractivity contribution is 7.92. The highest BCUT2D eigenvalue weighted by Gasteiger charge is 2.24. The second-order valence-corrected chi connectivity index (χ2v) is 8.08. The predicted octanol–water partition coefficient (Wildman–Crippen LogP) is 4.16. The van der Waals surface area contributed by atoms with Crippen LogP contribution in [0.5, 0.6) is 5.75 Å². The molecule has 0 fully saturated rings. The van der Waals surface area contributed by atoms with Crippen LogP contribution < -0.4 is 14.4 Å². The number of para-hydroxylation sites is 1.